The minimum absolute atomic E-state index is 0.108. The number of halogens is 3. The summed E-state index contributed by atoms with van der Waals surface area (Å²) in [5, 5.41) is 6.90. The largest absolute Gasteiger partial charge is 0.417 e. The lowest BCUT2D eigenvalue weighted by Crippen LogP contribution is -2.27. The van der Waals surface area contributed by atoms with Crippen molar-refractivity contribution in [1.29, 1.82) is 0 Å². The predicted molar refractivity (Wildman–Crippen MR) is 87.5 cm³/mol. The third-order valence-electron chi connectivity index (χ3n) is 3.71. The molecule has 0 saturated carbocycles. The average Bonchev–Trinajstić information content (AvgIpc) is 2.87. The van der Waals surface area contributed by atoms with Crippen molar-refractivity contribution in [3.8, 4) is 5.82 Å². The smallest absolute Gasteiger partial charge is 0.352 e. The van der Waals surface area contributed by atoms with Gasteiger partial charge in [-0.2, -0.15) is 18.3 Å². The Morgan fingerprint density at radius 3 is 2.40 bits per heavy atom. The van der Waals surface area contributed by atoms with Crippen LogP contribution in [0.2, 0.25) is 0 Å². The van der Waals surface area contributed by atoms with Gasteiger partial charge in [-0.25, -0.2) is 9.67 Å². The first kappa shape index (κ1) is 19.0. The zero-order valence-corrected chi connectivity index (χ0v) is 14.6. The molecule has 0 spiro atoms. The Kier molecular flexibility index (Phi) is 5.20. The number of nitrogens with zero attached hydrogens (tertiary/aromatic N) is 3. The first-order chi connectivity index (χ1) is 11.5. The van der Waals surface area contributed by atoms with Crippen LogP contribution in [-0.2, 0) is 6.18 Å². The third-order valence-corrected chi connectivity index (χ3v) is 3.71. The van der Waals surface area contributed by atoms with Crippen molar-refractivity contribution in [2.75, 3.05) is 6.54 Å². The topological polar surface area (TPSA) is 59.8 Å². The van der Waals surface area contributed by atoms with Crippen molar-refractivity contribution < 1.29 is 18.0 Å². The van der Waals surface area contributed by atoms with Gasteiger partial charge in [0, 0.05) is 12.7 Å². The third kappa shape index (κ3) is 4.80. The molecule has 0 bridgehead atoms. The number of pyridine rings is 1. The first-order valence-corrected chi connectivity index (χ1v) is 7.85. The van der Waals surface area contributed by atoms with Crippen molar-refractivity contribution in [3.63, 3.8) is 0 Å². The Morgan fingerprint density at radius 1 is 1.20 bits per heavy atom. The Hall–Kier alpha value is -2.38. The van der Waals surface area contributed by atoms with E-state index in [4.69, 9.17) is 0 Å². The zero-order valence-electron chi connectivity index (χ0n) is 14.6. The van der Waals surface area contributed by atoms with Crippen molar-refractivity contribution in [2.45, 2.75) is 40.3 Å². The minimum atomic E-state index is -4.44. The van der Waals surface area contributed by atoms with Gasteiger partial charge >= 0.3 is 6.18 Å². The maximum Gasteiger partial charge on any atom is 0.417 e. The number of alkyl halides is 3. The maximum atomic E-state index is 12.6. The maximum absolute atomic E-state index is 12.6. The summed E-state index contributed by atoms with van der Waals surface area (Å²) < 4.78 is 39.1. The lowest BCUT2D eigenvalue weighted by Gasteiger charge is -2.17. The fraction of sp³-hybridized carbons (Fsp3) is 0.471. The van der Waals surface area contributed by atoms with Crippen LogP contribution in [0.5, 0.6) is 0 Å². The standard InChI is InChI=1S/C17H21F3N4O/c1-11-13(15(25)21-8-7-16(2,3)4)10-23-24(11)14-6-5-12(9-22-14)17(18,19)20/h5-6,9-10H,7-8H2,1-4H3,(H,21,25). The summed E-state index contributed by atoms with van der Waals surface area (Å²) >= 11 is 0. The van der Waals surface area contributed by atoms with Gasteiger partial charge in [-0.15, -0.1) is 0 Å². The van der Waals surface area contributed by atoms with Gasteiger partial charge in [0.2, 0.25) is 0 Å². The number of hydrogen-bond donors (Lipinski definition) is 1. The Balaban J connectivity index is 2.14. The molecule has 8 heteroatoms. The molecule has 2 heterocycles. The minimum Gasteiger partial charge on any atom is -0.352 e. The normalized spacial score (nSPS) is 12.3. The van der Waals surface area contributed by atoms with Gasteiger partial charge in [0.15, 0.2) is 5.82 Å². The molecule has 2 rings (SSSR count). The van der Waals surface area contributed by atoms with Crippen LogP contribution in [0.3, 0.4) is 0 Å². The molecule has 2 aromatic rings. The van der Waals surface area contributed by atoms with Crippen LogP contribution in [-0.4, -0.2) is 27.2 Å². The molecular weight excluding hydrogens is 333 g/mol. The average molecular weight is 354 g/mol. The van der Waals surface area contributed by atoms with E-state index in [1.807, 2.05) is 0 Å². The van der Waals surface area contributed by atoms with Crippen molar-refractivity contribution >= 4 is 5.91 Å². The SMILES string of the molecule is Cc1c(C(=O)NCCC(C)(C)C)cnn1-c1ccc(C(F)(F)F)cn1. The summed E-state index contributed by atoms with van der Waals surface area (Å²) in [5.74, 6) is -0.0425. The molecule has 25 heavy (non-hydrogen) atoms. The molecule has 0 unspecified atom stereocenters. The molecule has 0 aliphatic carbocycles. The molecule has 0 atom stereocenters. The quantitative estimate of drug-likeness (QED) is 0.909. The molecule has 0 aromatic carbocycles. The van der Waals surface area contributed by atoms with Gasteiger partial charge in [0.1, 0.15) is 0 Å². The van der Waals surface area contributed by atoms with E-state index < -0.39 is 11.7 Å². The van der Waals surface area contributed by atoms with Crippen LogP contribution in [0.1, 0.15) is 48.8 Å². The van der Waals surface area contributed by atoms with Gasteiger partial charge in [-0.1, -0.05) is 20.8 Å². The summed E-state index contributed by atoms with van der Waals surface area (Å²) in [4.78, 5) is 16.0. The van der Waals surface area contributed by atoms with E-state index in [0.29, 0.717) is 17.8 Å². The van der Waals surface area contributed by atoms with Gasteiger partial charge in [-0.05, 0) is 30.9 Å². The molecule has 136 valence electrons. The highest BCUT2D eigenvalue weighted by Crippen LogP contribution is 2.28. The van der Waals surface area contributed by atoms with E-state index in [1.54, 1.807) is 6.92 Å². The molecule has 0 aliphatic rings. The van der Waals surface area contributed by atoms with Crippen molar-refractivity contribution in [3.05, 3.63) is 41.3 Å². The molecule has 0 radical (unpaired) electrons. The van der Waals surface area contributed by atoms with E-state index in [1.165, 1.54) is 16.9 Å². The first-order valence-electron chi connectivity index (χ1n) is 7.85. The van der Waals surface area contributed by atoms with Crippen LogP contribution in [0.15, 0.2) is 24.5 Å². The molecule has 1 amide bonds. The zero-order chi connectivity index (χ0) is 18.8. The number of hydrogen-bond acceptors (Lipinski definition) is 3. The van der Waals surface area contributed by atoms with Gasteiger partial charge in [0.25, 0.3) is 5.91 Å². The highest BCUT2D eigenvalue weighted by Gasteiger charge is 2.30. The monoisotopic (exact) mass is 354 g/mol. The molecular formula is C17H21F3N4O. The Bertz CT molecular complexity index is 743. The van der Waals surface area contributed by atoms with Crippen LogP contribution in [0.25, 0.3) is 5.82 Å². The summed E-state index contributed by atoms with van der Waals surface area (Å²) in [6.45, 7) is 8.45. The second kappa shape index (κ2) is 6.85. The van der Waals surface area contributed by atoms with Crippen LogP contribution < -0.4 is 5.32 Å². The summed E-state index contributed by atoms with van der Waals surface area (Å²) in [6, 6.07) is 2.16. The van der Waals surface area contributed by atoms with Crippen LogP contribution in [0, 0.1) is 12.3 Å². The molecule has 0 fully saturated rings. The van der Waals surface area contributed by atoms with E-state index in [-0.39, 0.29) is 17.1 Å². The number of nitrogens with one attached hydrogen (secondary N) is 1. The number of aromatic nitrogens is 3. The summed E-state index contributed by atoms with van der Waals surface area (Å²) in [7, 11) is 0. The van der Waals surface area contributed by atoms with Gasteiger partial charge in [-0.3, -0.25) is 4.79 Å². The van der Waals surface area contributed by atoms with Gasteiger partial charge in [0.05, 0.1) is 23.0 Å². The fourth-order valence-corrected chi connectivity index (χ4v) is 2.19. The number of rotatable bonds is 4. The highest BCUT2D eigenvalue weighted by atomic mass is 19.4. The fourth-order valence-electron chi connectivity index (χ4n) is 2.19. The second-order valence-corrected chi connectivity index (χ2v) is 7.02. The Morgan fingerprint density at radius 2 is 1.88 bits per heavy atom. The van der Waals surface area contributed by atoms with Crippen molar-refractivity contribution in [2.24, 2.45) is 5.41 Å². The van der Waals surface area contributed by atoms with E-state index in [9.17, 15) is 18.0 Å². The predicted octanol–water partition coefficient (Wildman–Crippen LogP) is 3.76. The molecule has 2 aromatic heterocycles. The summed E-state index contributed by atoms with van der Waals surface area (Å²) in [6.07, 6.45) is -1.48. The lowest BCUT2D eigenvalue weighted by atomic mass is 9.92. The number of amides is 1. The van der Waals surface area contributed by atoms with E-state index in [2.05, 4.69) is 36.2 Å². The molecule has 5 nitrogen and oxygen atoms in total. The second-order valence-electron chi connectivity index (χ2n) is 7.02. The molecule has 1 N–H and O–H groups in total. The van der Waals surface area contributed by atoms with Crippen LogP contribution in [0.4, 0.5) is 13.2 Å². The molecule has 0 aliphatic heterocycles. The number of carbonyl (C=O) groups is 1. The van der Waals surface area contributed by atoms with E-state index in [0.717, 1.165) is 18.7 Å². The lowest BCUT2D eigenvalue weighted by molar-refractivity contribution is -0.137. The van der Waals surface area contributed by atoms with E-state index >= 15 is 0 Å². The Labute approximate surface area is 144 Å². The highest BCUT2D eigenvalue weighted by molar-refractivity contribution is 5.95. The van der Waals surface area contributed by atoms with Crippen molar-refractivity contribution in [1.82, 2.24) is 20.1 Å². The van der Waals surface area contributed by atoms with Gasteiger partial charge < -0.3 is 5.32 Å². The number of carbonyl (C=O) groups excluding carboxylic acids is 1. The molecule has 0 saturated heterocycles. The summed E-state index contributed by atoms with van der Waals surface area (Å²) in [5.41, 5.74) is 0.161. The van der Waals surface area contributed by atoms with Crippen LogP contribution >= 0.6 is 0 Å².